The van der Waals surface area contributed by atoms with Gasteiger partial charge < -0.3 is 19.7 Å². The summed E-state index contributed by atoms with van der Waals surface area (Å²) in [5.74, 6) is 1.84. The van der Waals surface area contributed by atoms with Crippen molar-refractivity contribution in [3.8, 4) is 35.5 Å². The molecule has 240 valence electrons. The molecule has 0 spiro atoms. The summed E-state index contributed by atoms with van der Waals surface area (Å²) in [7, 11) is 0. The van der Waals surface area contributed by atoms with Crippen LogP contribution in [0.15, 0.2) is 42.5 Å². The summed E-state index contributed by atoms with van der Waals surface area (Å²) in [6, 6.07) is 8.43. The molecule has 5 aliphatic rings. The van der Waals surface area contributed by atoms with Crippen LogP contribution in [0.5, 0.6) is 11.9 Å². The number of rotatable bonds is 4. The summed E-state index contributed by atoms with van der Waals surface area (Å²) in [5.41, 5.74) is 0.751. The van der Waals surface area contributed by atoms with Crippen LogP contribution in [0.4, 0.5) is 19.0 Å². The van der Waals surface area contributed by atoms with Crippen LogP contribution in [0, 0.1) is 24.0 Å². The minimum Gasteiger partial charge on any atom is -0.472 e. The van der Waals surface area contributed by atoms with Crippen LogP contribution in [-0.4, -0.2) is 82.0 Å². The van der Waals surface area contributed by atoms with Gasteiger partial charge in [0.1, 0.15) is 47.1 Å². The van der Waals surface area contributed by atoms with Gasteiger partial charge in [0.2, 0.25) is 5.88 Å². The molecule has 5 aliphatic heterocycles. The fourth-order valence-corrected chi connectivity index (χ4v) is 8.87. The van der Waals surface area contributed by atoms with Crippen LogP contribution in [0.2, 0.25) is 0 Å². The van der Waals surface area contributed by atoms with Crippen molar-refractivity contribution in [2.45, 2.75) is 68.5 Å². The molecule has 11 heteroatoms. The van der Waals surface area contributed by atoms with E-state index in [9.17, 15) is 8.78 Å². The van der Waals surface area contributed by atoms with E-state index in [1.165, 1.54) is 6.07 Å². The van der Waals surface area contributed by atoms with E-state index < -0.39 is 23.3 Å². The number of alkyl halides is 1. The molecule has 1 N–H and O–H groups in total. The predicted octanol–water partition coefficient (Wildman–Crippen LogP) is 5.32. The summed E-state index contributed by atoms with van der Waals surface area (Å²) in [6.45, 7) is 7.87. The number of nitrogens with one attached hydrogen (secondary N) is 1. The van der Waals surface area contributed by atoms with E-state index in [1.807, 2.05) is 6.92 Å². The van der Waals surface area contributed by atoms with Gasteiger partial charge in [-0.2, -0.15) is 9.97 Å². The van der Waals surface area contributed by atoms with E-state index in [1.54, 1.807) is 24.3 Å². The zero-order chi connectivity index (χ0) is 32.2. The van der Waals surface area contributed by atoms with Gasteiger partial charge in [-0.25, -0.2) is 18.2 Å². The molecular weight excluding hydrogens is 605 g/mol. The molecule has 2 bridgehead atoms. The van der Waals surface area contributed by atoms with Crippen LogP contribution in [-0.2, 0) is 0 Å². The lowest BCUT2D eigenvalue weighted by Crippen LogP contribution is -2.62. The lowest BCUT2D eigenvalue weighted by Gasteiger charge is -2.42. The SMILES string of the molecule is C#Cc1c(F)ccc2cccc(-c3nc4c5c(nc(OCC67CC(=C)CN6C[C@@H](F)C7)nc5c3F)N3C[C@H]5CC[C@H](N5)[C@H]3[C@H](C)O4)c12. The van der Waals surface area contributed by atoms with E-state index >= 15 is 4.39 Å². The number of benzene rings is 2. The highest BCUT2D eigenvalue weighted by molar-refractivity contribution is 6.03. The lowest BCUT2D eigenvalue weighted by atomic mass is 9.93. The first-order chi connectivity index (χ1) is 22.7. The van der Waals surface area contributed by atoms with E-state index in [0.29, 0.717) is 60.0 Å². The number of pyridine rings is 1. The number of ether oxygens (including phenoxy) is 2. The standard InChI is InChI=1S/C36H33F3N6O2/c1-4-23-25(38)10-8-20-6-5-7-24(27(20)23)30-29(39)31-28-33(45-16-22-9-11-26(40-22)32(45)19(3)47-34(28)41-30)43-35(42-31)46-17-36-12-18(2)14-44(36)15-21(37)13-36/h1,5-8,10,19,21-22,26,32,40H,2,9,11-17H2,3H3/t19-,21-,22+,26-,32+,36?/m0/s1. The lowest BCUT2D eigenvalue weighted by molar-refractivity contribution is 0.107. The molecule has 2 aromatic carbocycles. The number of piperazine rings is 1. The van der Waals surface area contributed by atoms with Crippen molar-refractivity contribution in [2.24, 2.45) is 0 Å². The van der Waals surface area contributed by atoms with Gasteiger partial charge in [-0.05, 0) is 37.6 Å². The van der Waals surface area contributed by atoms with Crippen LogP contribution in [0.25, 0.3) is 32.9 Å². The van der Waals surface area contributed by atoms with Gasteiger partial charge in [0.15, 0.2) is 5.82 Å². The quantitative estimate of drug-likeness (QED) is 0.238. The Morgan fingerprint density at radius 3 is 2.87 bits per heavy atom. The van der Waals surface area contributed by atoms with Gasteiger partial charge in [-0.1, -0.05) is 42.3 Å². The normalized spacial score (nSPS) is 29.5. The maximum Gasteiger partial charge on any atom is 0.319 e. The zero-order valence-corrected chi connectivity index (χ0v) is 25.9. The van der Waals surface area contributed by atoms with Crippen LogP contribution < -0.4 is 19.7 Å². The first kappa shape index (κ1) is 28.8. The van der Waals surface area contributed by atoms with Crippen LogP contribution >= 0.6 is 0 Å². The number of hydrogen-bond donors (Lipinski definition) is 1. The fraction of sp³-hybridized carbons (Fsp3) is 0.417. The topological polar surface area (TPSA) is 75.6 Å². The first-order valence-corrected chi connectivity index (χ1v) is 16.2. The molecule has 0 saturated carbocycles. The number of halogens is 3. The molecule has 7 heterocycles. The largest absolute Gasteiger partial charge is 0.472 e. The molecule has 0 aliphatic carbocycles. The highest BCUT2D eigenvalue weighted by Crippen LogP contribution is 2.46. The number of terminal acetylenes is 1. The van der Waals surface area contributed by atoms with Crippen molar-refractivity contribution in [3.63, 3.8) is 0 Å². The summed E-state index contributed by atoms with van der Waals surface area (Å²) >= 11 is 0. The molecule has 47 heavy (non-hydrogen) atoms. The van der Waals surface area contributed by atoms with Gasteiger partial charge in [0.05, 0.1) is 17.1 Å². The van der Waals surface area contributed by atoms with Gasteiger partial charge in [-0.15, -0.1) is 6.42 Å². The molecule has 0 radical (unpaired) electrons. The smallest absolute Gasteiger partial charge is 0.319 e. The molecule has 8 nitrogen and oxygen atoms in total. The van der Waals surface area contributed by atoms with E-state index in [4.69, 9.17) is 25.9 Å². The Bertz CT molecular complexity index is 2050. The third-order valence-corrected chi connectivity index (χ3v) is 10.8. The molecule has 4 saturated heterocycles. The Balaban J connectivity index is 1.25. The summed E-state index contributed by atoms with van der Waals surface area (Å²) in [4.78, 5) is 18.6. The number of hydrogen-bond acceptors (Lipinski definition) is 8. The molecule has 9 rings (SSSR count). The monoisotopic (exact) mass is 638 g/mol. The number of fused-ring (bicyclic) bond motifs is 7. The fourth-order valence-electron chi connectivity index (χ4n) is 8.87. The minimum atomic E-state index is -0.961. The maximum atomic E-state index is 17.1. The molecule has 0 amide bonds. The Morgan fingerprint density at radius 1 is 1.15 bits per heavy atom. The predicted molar refractivity (Wildman–Crippen MR) is 172 cm³/mol. The highest BCUT2D eigenvalue weighted by Gasteiger charge is 2.51. The van der Waals surface area contributed by atoms with Gasteiger partial charge in [0, 0.05) is 49.1 Å². The van der Waals surface area contributed by atoms with Crippen molar-refractivity contribution in [1.82, 2.24) is 25.2 Å². The van der Waals surface area contributed by atoms with Crippen molar-refractivity contribution < 1.29 is 22.6 Å². The maximum absolute atomic E-state index is 17.1. The molecular formula is C36H33F3N6O2. The van der Waals surface area contributed by atoms with Crippen molar-refractivity contribution in [1.29, 1.82) is 0 Å². The van der Waals surface area contributed by atoms with Crippen molar-refractivity contribution in [2.75, 3.05) is 31.1 Å². The van der Waals surface area contributed by atoms with Gasteiger partial charge >= 0.3 is 6.01 Å². The number of aromatic nitrogens is 3. The first-order valence-electron chi connectivity index (χ1n) is 16.2. The van der Waals surface area contributed by atoms with E-state index in [-0.39, 0.29) is 59.5 Å². The zero-order valence-electron chi connectivity index (χ0n) is 25.9. The Hall–Kier alpha value is -4.40. The van der Waals surface area contributed by atoms with Crippen LogP contribution in [0.3, 0.4) is 0 Å². The molecule has 4 aromatic rings. The molecule has 6 atom stereocenters. The summed E-state index contributed by atoms with van der Waals surface area (Å²) in [5, 5.41) is 5.09. The second-order valence-corrected chi connectivity index (χ2v) is 13.7. The third-order valence-electron chi connectivity index (χ3n) is 10.8. The minimum absolute atomic E-state index is 0.00361. The van der Waals surface area contributed by atoms with Crippen molar-refractivity contribution in [3.05, 3.63) is 59.7 Å². The molecule has 2 aromatic heterocycles. The average molecular weight is 639 g/mol. The Labute approximate surface area is 270 Å². The highest BCUT2D eigenvalue weighted by atomic mass is 19.1. The number of nitrogens with zero attached hydrogens (tertiary/aromatic N) is 5. The van der Waals surface area contributed by atoms with Crippen LogP contribution in [0.1, 0.15) is 38.2 Å². The second kappa shape index (κ2) is 10.3. The number of anilines is 1. The van der Waals surface area contributed by atoms with Gasteiger partial charge in [0.25, 0.3) is 0 Å². The second-order valence-electron chi connectivity index (χ2n) is 13.7. The van der Waals surface area contributed by atoms with Gasteiger partial charge in [-0.3, -0.25) is 4.90 Å². The summed E-state index contributed by atoms with van der Waals surface area (Å²) in [6.07, 6.45) is 7.40. The van der Waals surface area contributed by atoms with E-state index in [0.717, 1.165) is 18.4 Å². The Morgan fingerprint density at radius 2 is 2.02 bits per heavy atom. The van der Waals surface area contributed by atoms with Crippen molar-refractivity contribution >= 4 is 27.5 Å². The average Bonchev–Trinajstić information content (AvgIpc) is 3.65. The van der Waals surface area contributed by atoms with E-state index in [2.05, 4.69) is 32.6 Å². The Kier molecular flexibility index (Phi) is 6.31. The molecule has 1 unspecified atom stereocenters. The third kappa shape index (κ3) is 4.27. The summed E-state index contributed by atoms with van der Waals surface area (Å²) < 4.78 is 59.6. The molecule has 4 fully saturated rings.